The van der Waals surface area contributed by atoms with Gasteiger partial charge in [-0.2, -0.15) is 0 Å². The van der Waals surface area contributed by atoms with Gasteiger partial charge in [-0.15, -0.1) is 0 Å². The van der Waals surface area contributed by atoms with Crippen LogP contribution in [0.15, 0.2) is 91.0 Å². The fraction of sp³-hybridized carbons (Fsp3) is 0.241. The van der Waals surface area contributed by atoms with Gasteiger partial charge in [-0.05, 0) is 41.2 Å². The number of rotatable bonds is 7. The number of benzene rings is 3. The molecule has 0 unspecified atom stereocenters. The molecule has 3 aromatic rings. The van der Waals surface area contributed by atoms with Gasteiger partial charge in [0, 0.05) is 24.2 Å². The van der Waals surface area contributed by atoms with E-state index in [1.165, 1.54) is 0 Å². The Kier molecular flexibility index (Phi) is 6.96. The lowest BCUT2D eigenvalue weighted by Crippen LogP contribution is -2.40. The van der Waals surface area contributed by atoms with Crippen molar-refractivity contribution in [1.82, 2.24) is 0 Å². The van der Waals surface area contributed by atoms with Crippen LogP contribution in [0.1, 0.15) is 29.0 Å². The molecule has 3 aromatic carbocycles. The minimum atomic E-state index is -0.252. The lowest BCUT2D eigenvalue weighted by Gasteiger charge is -2.39. The highest BCUT2D eigenvalue weighted by Gasteiger charge is 2.43. The van der Waals surface area contributed by atoms with E-state index >= 15 is 0 Å². The summed E-state index contributed by atoms with van der Waals surface area (Å²) in [6.07, 6.45) is 6.13. The Morgan fingerprint density at radius 2 is 1.56 bits per heavy atom. The van der Waals surface area contributed by atoms with Gasteiger partial charge in [-0.25, -0.2) is 0 Å². The van der Waals surface area contributed by atoms with Gasteiger partial charge in [0.2, 0.25) is 0 Å². The van der Waals surface area contributed by atoms with Gasteiger partial charge in [0.15, 0.2) is 0 Å². The van der Waals surface area contributed by atoms with E-state index < -0.39 is 0 Å². The molecule has 1 aliphatic rings. The number of hydrogen-bond acceptors (Lipinski definition) is 3. The smallest absolute Gasteiger partial charge is 0.137 e. The highest BCUT2D eigenvalue weighted by Crippen LogP contribution is 2.44. The molecule has 1 aliphatic carbocycles. The third-order valence-electron chi connectivity index (χ3n) is 6.48. The van der Waals surface area contributed by atoms with Crippen molar-refractivity contribution in [2.24, 2.45) is 17.8 Å². The summed E-state index contributed by atoms with van der Waals surface area (Å²) in [6.45, 7) is 0. The molecule has 0 aromatic heterocycles. The SMILES string of the molecule is COc1ccc(C[C@@H]2C(=O)C[C@@H](/C=C/c3ccccc3)[C@H](C=O)[C@H]2c2ccccc2)cc1. The third-order valence-corrected chi connectivity index (χ3v) is 6.48. The van der Waals surface area contributed by atoms with Crippen LogP contribution in [-0.4, -0.2) is 19.2 Å². The molecule has 0 saturated heterocycles. The highest BCUT2D eigenvalue weighted by molar-refractivity contribution is 5.86. The van der Waals surface area contributed by atoms with E-state index in [4.69, 9.17) is 4.74 Å². The standard InChI is InChI=1S/C29H28O3/c1-32-25-16-13-22(14-17-25)18-26-28(31)19-24(15-12-21-8-4-2-5-9-21)27(20-30)29(26)23-10-6-3-7-11-23/h2-17,20,24,26-27,29H,18-19H2,1H3/b15-12+/t24-,26-,27+,29+/m1/s1. The summed E-state index contributed by atoms with van der Waals surface area (Å²) >= 11 is 0. The van der Waals surface area contributed by atoms with Crippen molar-refractivity contribution in [1.29, 1.82) is 0 Å². The normalized spacial score (nSPS) is 23.2. The number of methoxy groups -OCH3 is 1. The molecule has 0 bridgehead atoms. The number of aldehydes is 1. The molecule has 0 heterocycles. The molecular weight excluding hydrogens is 396 g/mol. The number of ether oxygens (including phenoxy) is 1. The van der Waals surface area contributed by atoms with Crippen molar-refractivity contribution >= 4 is 18.1 Å². The zero-order valence-electron chi connectivity index (χ0n) is 18.3. The average molecular weight is 425 g/mol. The van der Waals surface area contributed by atoms with Crippen molar-refractivity contribution in [2.75, 3.05) is 7.11 Å². The lowest BCUT2D eigenvalue weighted by molar-refractivity contribution is -0.129. The van der Waals surface area contributed by atoms with E-state index in [2.05, 4.69) is 0 Å². The summed E-state index contributed by atoms with van der Waals surface area (Å²) in [5.74, 6) is 0.261. The molecule has 1 saturated carbocycles. The van der Waals surface area contributed by atoms with E-state index in [0.29, 0.717) is 12.8 Å². The molecule has 3 nitrogen and oxygen atoms in total. The number of carbonyl (C=O) groups is 2. The summed E-state index contributed by atoms with van der Waals surface area (Å²) < 4.78 is 5.26. The highest BCUT2D eigenvalue weighted by atomic mass is 16.5. The summed E-state index contributed by atoms with van der Waals surface area (Å²) in [7, 11) is 1.64. The van der Waals surface area contributed by atoms with E-state index in [1.807, 2.05) is 97.1 Å². The van der Waals surface area contributed by atoms with Gasteiger partial charge in [0.25, 0.3) is 0 Å². The molecule has 32 heavy (non-hydrogen) atoms. The number of ketones is 1. The summed E-state index contributed by atoms with van der Waals surface area (Å²) in [5, 5.41) is 0. The van der Waals surface area contributed by atoms with Crippen LogP contribution in [0.2, 0.25) is 0 Å². The predicted octanol–water partition coefficient (Wildman–Crippen LogP) is 5.76. The van der Waals surface area contributed by atoms with Crippen LogP contribution >= 0.6 is 0 Å². The second kappa shape index (κ2) is 10.2. The van der Waals surface area contributed by atoms with Crippen LogP contribution < -0.4 is 4.74 Å². The first kappa shape index (κ1) is 21.8. The Labute approximate surface area is 189 Å². The Hall–Kier alpha value is -3.46. The maximum absolute atomic E-state index is 13.4. The van der Waals surface area contributed by atoms with Crippen molar-refractivity contribution in [2.45, 2.75) is 18.8 Å². The van der Waals surface area contributed by atoms with Gasteiger partial charge in [-0.1, -0.05) is 84.9 Å². The molecule has 1 fully saturated rings. The first-order valence-electron chi connectivity index (χ1n) is 11.1. The van der Waals surface area contributed by atoms with Crippen molar-refractivity contribution in [3.05, 3.63) is 108 Å². The van der Waals surface area contributed by atoms with Gasteiger partial charge in [0.1, 0.15) is 17.8 Å². The second-order valence-electron chi connectivity index (χ2n) is 8.41. The van der Waals surface area contributed by atoms with Gasteiger partial charge in [-0.3, -0.25) is 4.79 Å². The lowest BCUT2D eigenvalue weighted by atomic mass is 9.62. The molecule has 162 valence electrons. The molecule has 4 rings (SSSR count). The first-order valence-corrected chi connectivity index (χ1v) is 11.1. The van der Waals surface area contributed by atoms with E-state index in [-0.39, 0.29) is 29.5 Å². The fourth-order valence-corrected chi connectivity index (χ4v) is 4.82. The molecule has 3 heteroatoms. The van der Waals surface area contributed by atoms with Gasteiger partial charge >= 0.3 is 0 Å². The molecule has 0 amide bonds. The second-order valence-corrected chi connectivity index (χ2v) is 8.41. The maximum atomic E-state index is 13.4. The molecule has 0 N–H and O–H groups in total. The molecule has 0 spiro atoms. The Morgan fingerprint density at radius 3 is 2.19 bits per heavy atom. The average Bonchev–Trinajstić information content (AvgIpc) is 2.85. The zero-order chi connectivity index (χ0) is 22.3. The van der Waals surface area contributed by atoms with E-state index in [0.717, 1.165) is 28.7 Å². The summed E-state index contributed by atoms with van der Waals surface area (Å²) in [5.41, 5.74) is 3.20. The first-order chi connectivity index (χ1) is 15.7. The Balaban J connectivity index is 1.66. The number of Topliss-reactive ketones (excluding diaryl/α,β-unsaturated/α-hetero) is 1. The van der Waals surface area contributed by atoms with E-state index in [9.17, 15) is 9.59 Å². The molecule has 0 aliphatic heterocycles. The number of hydrogen-bond donors (Lipinski definition) is 0. The zero-order valence-corrected chi connectivity index (χ0v) is 18.3. The van der Waals surface area contributed by atoms with Crippen LogP contribution in [0.4, 0.5) is 0 Å². The largest absolute Gasteiger partial charge is 0.497 e. The van der Waals surface area contributed by atoms with Crippen LogP contribution in [-0.2, 0) is 16.0 Å². The Morgan fingerprint density at radius 1 is 0.906 bits per heavy atom. The van der Waals surface area contributed by atoms with Gasteiger partial charge < -0.3 is 9.53 Å². The summed E-state index contributed by atoms with van der Waals surface area (Å²) in [6, 6.07) is 27.9. The van der Waals surface area contributed by atoms with Crippen LogP contribution in [0, 0.1) is 17.8 Å². The molecule has 0 radical (unpaired) electrons. The van der Waals surface area contributed by atoms with Crippen LogP contribution in [0.5, 0.6) is 5.75 Å². The quantitative estimate of drug-likeness (QED) is 0.453. The van der Waals surface area contributed by atoms with Crippen molar-refractivity contribution < 1.29 is 14.3 Å². The van der Waals surface area contributed by atoms with Crippen molar-refractivity contribution in [3.63, 3.8) is 0 Å². The Bertz CT molecular complexity index is 1050. The maximum Gasteiger partial charge on any atom is 0.137 e. The van der Waals surface area contributed by atoms with Crippen LogP contribution in [0.3, 0.4) is 0 Å². The number of allylic oxidation sites excluding steroid dienone is 1. The number of carbonyl (C=O) groups excluding carboxylic acids is 2. The topological polar surface area (TPSA) is 43.4 Å². The molecular formula is C29H28O3. The van der Waals surface area contributed by atoms with Crippen LogP contribution in [0.25, 0.3) is 6.08 Å². The molecule has 4 atom stereocenters. The monoisotopic (exact) mass is 424 g/mol. The minimum absolute atomic E-state index is 0.113. The third kappa shape index (κ3) is 4.88. The minimum Gasteiger partial charge on any atom is -0.497 e. The summed E-state index contributed by atoms with van der Waals surface area (Å²) in [4.78, 5) is 25.8. The van der Waals surface area contributed by atoms with Crippen molar-refractivity contribution in [3.8, 4) is 5.75 Å². The predicted molar refractivity (Wildman–Crippen MR) is 128 cm³/mol. The van der Waals surface area contributed by atoms with Gasteiger partial charge in [0.05, 0.1) is 7.11 Å². The fourth-order valence-electron chi connectivity index (χ4n) is 4.82. The van der Waals surface area contributed by atoms with E-state index in [1.54, 1.807) is 7.11 Å².